The van der Waals surface area contributed by atoms with E-state index in [1.54, 1.807) is 24.3 Å². The largest absolute Gasteiger partial charge is 0.494 e. The second-order valence-electron chi connectivity index (χ2n) is 10.3. The van der Waals surface area contributed by atoms with Gasteiger partial charge in [-0.25, -0.2) is 4.39 Å². The molecule has 4 aromatic carbocycles. The smallest absolute Gasteiger partial charge is 0.419 e. The van der Waals surface area contributed by atoms with Gasteiger partial charge in [-0.3, -0.25) is 9.69 Å². The summed E-state index contributed by atoms with van der Waals surface area (Å²) in [5.74, 6) is -1.74. The Bertz CT molecular complexity index is 1400. The molecule has 0 fully saturated rings. The third-order valence-corrected chi connectivity index (χ3v) is 7.22. The summed E-state index contributed by atoms with van der Waals surface area (Å²) in [6.45, 7) is 2.98. The van der Waals surface area contributed by atoms with Crippen molar-refractivity contribution in [1.29, 1.82) is 0 Å². The summed E-state index contributed by atoms with van der Waals surface area (Å²) in [4.78, 5) is 13.2. The van der Waals surface area contributed by atoms with Crippen LogP contribution < -0.4 is 4.74 Å². The van der Waals surface area contributed by atoms with Crippen LogP contribution in [0.25, 0.3) is 0 Å². The summed E-state index contributed by atoms with van der Waals surface area (Å²) in [5.41, 5.74) is 1.85. The van der Waals surface area contributed by atoms with Crippen LogP contribution in [0.2, 0.25) is 0 Å². The lowest BCUT2D eigenvalue weighted by Gasteiger charge is -2.33. The summed E-state index contributed by atoms with van der Waals surface area (Å²) in [6.07, 6.45) is -4.36. The van der Waals surface area contributed by atoms with Crippen LogP contribution >= 0.6 is 0 Å². The maximum atomic E-state index is 14.1. The van der Waals surface area contributed by atoms with E-state index in [1.165, 1.54) is 6.07 Å². The Morgan fingerprint density at radius 2 is 1.50 bits per heavy atom. The molecule has 0 radical (unpaired) electrons. The number of ether oxygens (including phenoxy) is 1. The maximum absolute atomic E-state index is 14.1. The summed E-state index contributed by atoms with van der Waals surface area (Å²) in [7, 11) is 0. The molecule has 1 N–H and O–H groups in total. The van der Waals surface area contributed by atoms with Gasteiger partial charge in [0, 0.05) is 25.0 Å². The highest BCUT2D eigenvalue weighted by atomic mass is 19.4. The normalized spacial score (nSPS) is 12.5. The van der Waals surface area contributed by atoms with Gasteiger partial charge < -0.3 is 9.84 Å². The van der Waals surface area contributed by atoms with Crippen LogP contribution in [0.5, 0.6) is 5.75 Å². The van der Waals surface area contributed by atoms with E-state index in [-0.39, 0.29) is 24.9 Å². The van der Waals surface area contributed by atoms with Crippen molar-refractivity contribution < 1.29 is 32.2 Å². The molecular weight excluding hydrogens is 546 g/mol. The Labute approximate surface area is 243 Å². The monoisotopic (exact) mass is 579 g/mol. The fourth-order valence-electron chi connectivity index (χ4n) is 4.98. The lowest BCUT2D eigenvalue weighted by atomic mass is 9.90. The molecule has 4 aromatic rings. The lowest BCUT2D eigenvalue weighted by Crippen LogP contribution is -2.37. The van der Waals surface area contributed by atoms with Crippen molar-refractivity contribution in [2.24, 2.45) is 0 Å². The molecule has 0 saturated heterocycles. The first-order valence-electron chi connectivity index (χ1n) is 13.7. The summed E-state index contributed by atoms with van der Waals surface area (Å²) in [6, 6.07) is 29.8. The molecule has 0 bridgehead atoms. The van der Waals surface area contributed by atoms with Crippen molar-refractivity contribution in [1.82, 2.24) is 4.90 Å². The molecular formula is C34H33F4NO3. The third kappa shape index (κ3) is 8.66. The zero-order valence-corrected chi connectivity index (χ0v) is 23.2. The maximum Gasteiger partial charge on any atom is 0.419 e. The Morgan fingerprint density at radius 1 is 0.857 bits per heavy atom. The second kappa shape index (κ2) is 14.1. The van der Waals surface area contributed by atoms with Gasteiger partial charge in [-0.05, 0) is 59.9 Å². The standard InChI is InChI=1S/C34H33F4NO3/c1-24(17-18-42-29-14-8-9-25(19-29)21-33(40)41)39(22-26-15-16-32(35)31(20-26)34(36,37)38)23-30(27-10-4-2-5-11-27)28-12-6-3-7-13-28/h2-16,19-20,24,30H,17-18,21-23H2,1H3,(H,40,41). The molecule has 42 heavy (non-hydrogen) atoms. The van der Waals surface area contributed by atoms with E-state index < -0.39 is 23.5 Å². The van der Waals surface area contributed by atoms with E-state index in [0.717, 1.165) is 23.3 Å². The highest BCUT2D eigenvalue weighted by Crippen LogP contribution is 2.33. The molecule has 0 aromatic heterocycles. The number of carboxylic acid groups (broad SMARTS) is 1. The third-order valence-electron chi connectivity index (χ3n) is 7.22. The number of aliphatic carboxylic acids is 1. The minimum absolute atomic E-state index is 0.0639. The number of nitrogens with zero attached hydrogens (tertiary/aromatic N) is 1. The summed E-state index contributed by atoms with van der Waals surface area (Å²) >= 11 is 0. The van der Waals surface area contributed by atoms with E-state index in [1.807, 2.05) is 67.6 Å². The minimum atomic E-state index is -4.80. The molecule has 1 unspecified atom stereocenters. The number of alkyl halides is 3. The minimum Gasteiger partial charge on any atom is -0.494 e. The number of rotatable bonds is 13. The Morgan fingerprint density at radius 3 is 2.10 bits per heavy atom. The van der Waals surface area contributed by atoms with Crippen molar-refractivity contribution in [2.45, 2.75) is 44.4 Å². The van der Waals surface area contributed by atoms with Crippen molar-refractivity contribution >= 4 is 5.97 Å². The van der Waals surface area contributed by atoms with Gasteiger partial charge in [-0.15, -0.1) is 0 Å². The predicted octanol–water partition coefficient (Wildman–Crippen LogP) is 7.96. The Hall–Kier alpha value is -4.17. The van der Waals surface area contributed by atoms with Gasteiger partial charge in [0.05, 0.1) is 18.6 Å². The molecule has 4 rings (SSSR count). The lowest BCUT2D eigenvalue weighted by molar-refractivity contribution is -0.140. The van der Waals surface area contributed by atoms with Gasteiger partial charge in [-0.1, -0.05) is 78.9 Å². The van der Waals surface area contributed by atoms with Crippen LogP contribution in [-0.4, -0.2) is 35.2 Å². The first kappa shape index (κ1) is 30.8. The first-order chi connectivity index (χ1) is 20.1. The van der Waals surface area contributed by atoms with Crippen molar-refractivity contribution in [3.8, 4) is 5.75 Å². The van der Waals surface area contributed by atoms with E-state index >= 15 is 0 Å². The SMILES string of the molecule is CC(CCOc1cccc(CC(=O)O)c1)N(Cc1ccc(F)c(C(F)(F)F)c1)CC(c1ccccc1)c1ccccc1. The van der Waals surface area contributed by atoms with Gasteiger partial charge in [0.15, 0.2) is 0 Å². The molecule has 0 aliphatic carbocycles. The number of hydrogen-bond donors (Lipinski definition) is 1. The van der Waals surface area contributed by atoms with E-state index in [0.29, 0.717) is 36.4 Å². The van der Waals surface area contributed by atoms with Crippen molar-refractivity contribution in [3.63, 3.8) is 0 Å². The van der Waals surface area contributed by atoms with Gasteiger partial charge in [0.2, 0.25) is 0 Å². The zero-order valence-electron chi connectivity index (χ0n) is 23.2. The molecule has 1 atom stereocenters. The van der Waals surface area contributed by atoms with Gasteiger partial charge in [0.25, 0.3) is 0 Å². The molecule has 220 valence electrons. The van der Waals surface area contributed by atoms with Crippen LogP contribution in [-0.2, 0) is 23.9 Å². The van der Waals surface area contributed by atoms with Crippen molar-refractivity contribution in [3.05, 3.63) is 137 Å². The number of benzene rings is 4. The zero-order chi connectivity index (χ0) is 30.1. The fraction of sp³-hybridized carbons (Fsp3) is 0.265. The number of hydrogen-bond acceptors (Lipinski definition) is 3. The molecule has 0 amide bonds. The Kier molecular flexibility index (Phi) is 10.4. The average Bonchev–Trinajstić information content (AvgIpc) is 2.96. The van der Waals surface area contributed by atoms with Crippen LogP contribution in [0.3, 0.4) is 0 Å². The molecule has 0 aliphatic rings. The molecule has 0 aliphatic heterocycles. The van der Waals surface area contributed by atoms with Crippen LogP contribution in [0.4, 0.5) is 17.6 Å². The number of carboxylic acids is 1. The van der Waals surface area contributed by atoms with Crippen molar-refractivity contribution in [2.75, 3.05) is 13.2 Å². The van der Waals surface area contributed by atoms with E-state index in [4.69, 9.17) is 9.84 Å². The van der Waals surface area contributed by atoms with Gasteiger partial charge >= 0.3 is 12.1 Å². The predicted molar refractivity (Wildman–Crippen MR) is 154 cm³/mol. The average molecular weight is 580 g/mol. The van der Waals surface area contributed by atoms with Crippen LogP contribution in [0.15, 0.2) is 103 Å². The van der Waals surface area contributed by atoms with Crippen LogP contribution in [0, 0.1) is 5.82 Å². The molecule has 0 heterocycles. The summed E-state index contributed by atoms with van der Waals surface area (Å²) < 4.78 is 60.5. The highest BCUT2D eigenvalue weighted by Gasteiger charge is 2.34. The Balaban J connectivity index is 1.58. The fourth-order valence-corrected chi connectivity index (χ4v) is 4.98. The topological polar surface area (TPSA) is 49.8 Å². The summed E-state index contributed by atoms with van der Waals surface area (Å²) in [5, 5.41) is 9.07. The number of carbonyl (C=O) groups is 1. The van der Waals surface area contributed by atoms with Gasteiger partial charge in [0.1, 0.15) is 11.6 Å². The molecule has 0 saturated carbocycles. The first-order valence-corrected chi connectivity index (χ1v) is 13.7. The quantitative estimate of drug-likeness (QED) is 0.163. The van der Waals surface area contributed by atoms with E-state index in [2.05, 4.69) is 4.90 Å². The van der Waals surface area contributed by atoms with Crippen LogP contribution in [0.1, 0.15) is 47.1 Å². The highest BCUT2D eigenvalue weighted by molar-refractivity contribution is 5.70. The van der Waals surface area contributed by atoms with Gasteiger partial charge in [-0.2, -0.15) is 13.2 Å². The molecule has 0 spiro atoms. The molecule has 8 heteroatoms. The second-order valence-corrected chi connectivity index (χ2v) is 10.3. The number of halogens is 4. The molecule has 4 nitrogen and oxygen atoms in total. The van der Waals surface area contributed by atoms with E-state index in [9.17, 15) is 22.4 Å².